The van der Waals surface area contributed by atoms with Crippen LogP contribution >= 0.6 is 39.3 Å². The highest BCUT2D eigenvalue weighted by Gasteiger charge is 2.14. The molecule has 0 radical (unpaired) electrons. The van der Waals surface area contributed by atoms with Crippen LogP contribution in [0.25, 0.3) is 11.4 Å². The summed E-state index contributed by atoms with van der Waals surface area (Å²) in [5, 5.41) is 13.5. The van der Waals surface area contributed by atoms with E-state index in [-0.39, 0.29) is 11.7 Å². The SMILES string of the molecule is Cn1c(SCC(=O)NN=Cc2cccc(Br)c2)nnc1-c1ccccc1Cl. The van der Waals surface area contributed by atoms with Crippen LogP contribution in [0.4, 0.5) is 0 Å². The van der Waals surface area contributed by atoms with Crippen molar-refractivity contribution in [1.82, 2.24) is 20.2 Å². The Balaban J connectivity index is 1.57. The Morgan fingerprint density at radius 3 is 2.89 bits per heavy atom. The molecule has 0 atom stereocenters. The van der Waals surface area contributed by atoms with Crippen LogP contribution < -0.4 is 5.43 Å². The van der Waals surface area contributed by atoms with Gasteiger partial charge in [-0.05, 0) is 29.8 Å². The quantitative estimate of drug-likeness (QED) is 0.338. The molecule has 0 spiro atoms. The Morgan fingerprint density at radius 2 is 2.11 bits per heavy atom. The Bertz CT molecular complexity index is 991. The molecule has 6 nitrogen and oxygen atoms in total. The number of amides is 1. The van der Waals surface area contributed by atoms with E-state index in [9.17, 15) is 4.79 Å². The largest absolute Gasteiger partial charge is 0.305 e. The Hall–Kier alpha value is -2.16. The Kier molecular flexibility index (Phi) is 6.65. The zero-order chi connectivity index (χ0) is 19.2. The number of rotatable bonds is 6. The van der Waals surface area contributed by atoms with Crippen molar-refractivity contribution >= 4 is 51.4 Å². The van der Waals surface area contributed by atoms with Gasteiger partial charge in [0.05, 0.1) is 17.0 Å². The first-order valence-corrected chi connectivity index (χ1v) is 10.0. The second kappa shape index (κ2) is 9.16. The first-order chi connectivity index (χ1) is 13.0. The van der Waals surface area contributed by atoms with Gasteiger partial charge in [-0.3, -0.25) is 4.79 Å². The minimum atomic E-state index is -0.228. The van der Waals surface area contributed by atoms with Gasteiger partial charge in [0, 0.05) is 17.1 Å². The van der Waals surface area contributed by atoms with E-state index in [1.165, 1.54) is 11.8 Å². The molecule has 0 aliphatic carbocycles. The molecule has 0 aliphatic rings. The van der Waals surface area contributed by atoms with Crippen molar-refractivity contribution in [3.63, 3.8) is 0 Å². The topological polar surface area (TPSA) is 72.2 Å². The van der Waals surface area contributed by atoms with Gasteiger partial charge in [0.1, 0.15) is 0 Å². The standard InChI is InChI=1S/C18H15BrClN5OS/c1-25-17(14-7-2-3-8-15(14)20)23-24-18(25)27-11-16(26)22-21-10-12-5-4-6-13(19)9-12/h2-10H,11H2,1H3,(H,22,26). The summed E-state index contributed by atoms with van der Waals surface area (Å²) in [6.07, 6.45) is 1.59. The molecule has 0 aliphatic heterocycles. The van der Waals surface area contributed by atoms with E-state index in [4.69, 9.17) is 11.6 Å². The lowest BCUT2D eigenvalue weighted by Crippen LogP contribution is -2.19. The molecule has 3 rings (SSSR count). The molecule has 0 saturated heterocycles. The average molecular weight is 465 g/mol. The van der Waals surface area contributed by atoms with Crippen LogP contribution in [0.15, 0.2) is 63.3 Å². The van der Waals surface area contributed by atoms with E-state index in [1.807, 2.05) is 54.1 Å². The molecule has 1 aromatic heterocycles. The number of thioether (sulfide) groups is 1. The molecule has 0 bridgehead atoms. The van der Waals surface area contributed by atoms with Gasteiger partial charge in [-0.25, -0.2) is 5.43 Å². The maximum absolute atomic E-state index is 12.0. The fourth-order valence-corrected chi connectivity index (χ4v) is 3.59. The van der Waals surface area contributed by atoms with Crippen LogP contribution in [0.3, 0.4) is 0 Å². The second-order valence-electron chi connectivity index (χ2n) is 5.48. The number of benzene rings is 2. The number of nitrogens with zero attached hydrogens (tertiary/aromatic N) is 4. The zero-order valence-electron chi connectivity index (χ0n) is 14.3. The van der Waals surface area contributed by atoms with Crippen LogP contribution in [0.1, 0.15) is 5.56 Å². The molecule has 2 aromatic carbocycles. The summed E-state index contributed by atoms with van der Waals surface area (Å²) in [6.45, 7) is 0. The molecular weight excluding hydrogens is 450 g/mol. The number of aromatic nitrogens is 3. The predicted molar refractivity (Wildman–Crippen MR) is 112 cm³/mol. The molecule has 0 saturated carbocycles. The van der Waals surface area contributed by atoms with Gasteiger partial charge in [-0.2, -0.15) is 5.10 Å². The lowest BCUT2D eigenvalue weighted by atomic mass is 10.2. The molecule has 1 amide bonds. The van der Waals surface area contributed by atoms with Crippen molar-refractivity contribution in [1.29, 1.82) is 0 Å². The minimum absolute atomic E-state index is 0.171. The molecule has 0 unspecified atom stereocenters. The second-order valence-corrected chi connectivity index (χ2v) is 7.75. The third-order valence-corrected chi connectivity index (χ3v) is 5.38. The number of carbonyl (C=O) groups is 1. The van der Waals surface area contributed by atoms with Crippen LogP contribution in [-0.4, -0.2) is 32.6 Å². The first kappa shape index (κ1) is 19.6. The lowest BCUT2D eigenvalue weighted by molar-refractivity contribution is -0.118. The van der Waals surface area contributed by atoms with E-state index in [0.717, 1.165) is 15.6 Å². The number of hydrogen-bond acceptors (Lipinski definition) is 5. The Labute approximate surface area is 174 Å². The molecule has 138 valence electrons. The molecule has 3 aromatic rings. The van der Waals surface area contributed by atoms with Gasteiger partial charge in [0.15, 0.2) is 11.0 Å². The van der Waals surface area contributed by atoms with Gasteiger partial charge in [0.2, 0.25) is 0 Å². The van der Waals surface area contributed by atoms with Crippen LogP contribution in [0, 0.1) is 0 Å². The smallest absolute Gasteiger partial charge is 0.250 e. The van der Waals surface area contributed by atoms with Gasteiger partial charge in [0.25, 0.3) is 5.91 Å². The molecular formula is C18H15BrClN5OS. The third kappa shape index (κ3) is 5.18. The van der Waals surface area contributed by atoms with E-state index < -0.39 is 0 Å². The van der Waals surface area contributed by atoms with Crippen LogP contribution in [0.2, 0.25) is 5.02 Å². The Morgan fingerprint density at radius 1 is 1.30 bits per heavy atom. The van der Waals surface area contributed by atoms with Crippen LogP contribution in [0.5, 0.6) is 0 Å². The summed E-state index contributed by atoms with van der Waals surface area (Å²) in [6, 6.07) is 15.0. The van der Waals surface area contributed by atoms with Crippen molar-refractivity contribution in [2.45, 2.75) is 5.16 Å². The van der Waals surface area contributed by atoms with Crippen molar-refractivity contribution in [3.8, 4) is 11.4 Å². The van der Waals surface area contributed by atoms with E-state index >= 15 is 0 Å². The van der Waals surface area contributed by atoms with Crippen molar-refractivity contribution in [3.05, 3.63) is 63.6 Å². The van der Waals surface area contributed by atoms with Gasteiger partial charge in [-0.1, -0.05) is 63.6 Å². The maximum atomic E-state index is 12.0. The van der Waals surface area contributed by atoms with Crippen molar-refractivity contribution in [2.75, 3.05) is 5.75 Å². The normalized spacial score (nSPS) is 11.1. The zero-order valence-corrected chi connectivity index (χ0v) is 17.4. The monoisotopic (exact) mass is 463 g/mol. The first-order valence-electron chi connectivity index (χ1n) is 7.89. The van der Waals surface area contributed by atoms with Crippen molar-refractivity contribution < 1.29 is 4.79 Å². The van der Waals surface area contributed by atoms with E-state index in [0.29, 0.717) is 16.0 Å². The maximum Gasteiger partial charge on any atom is 0.250 e. The minimum Gasteiger partial charge on any atom is -0.305 e. The highest BCUT2D eigenvalue weighted by atomic mass is 79.9. The van der Waals surface area contributed by atoms with E-state index in [2.05, 4.69) is 36.7 Å². The molecule has 0 fully saturated rings. The van der Waals surface area contributed by atoms with Gasteiger partial charge >= 0.3 is 0 Å². The summed E-state index contributed by atoms with van der Waals surface area (Å²) in [5.41, 5.74) is 4.18. The van der Waals surface area contributed by atoms with E-state index in [1.54, 1.807) is 12.3 Å². The third-order valence-electron chi connectivity index (χ3n) is 3.53. The van der Waals surface area contributed by atoms with Gasteiger partial charge < -0.3 is 4.57 Å². The molecule has 27 heavy (non-hydrogen) atoms. The average Bonchev–Trinajstić information content (AvgIpc) is 3.01. The van der Waals surface area contributed by atoms with Gasteiger partial charge in [-0.15, -0.1) is 10.2 Å². The number of nitrogens with one attached hydrogen (secondary N) is 1. The summed E-state index contributed by atoms with van der Waals surface area (Å²) in [5.74, 6) is 0.592. The number of hydrazone groups is 1. The number of hydrogen-bond donors (Lipinski definition) is 1. The molecule has 1 N–H and O–H groups in total. The van der Waals surface area contributed by atoms with Crippen molar-refractivity contribution in [2.24, 2.45) is 12.1 Å². The summed E-state index contributed by atoms with van der Waals surface area (Å²) in [4.78, 5) is 12.0. The summed E-state index contributed by atoms with van der Waals surface area (Å²) >= 11 is 10.9. The fourth-order valence-electron chi connectivity index (χ4n) is 2.25. The van der Waals surface area contributed by atoms with Crippen LogP contribution in [-0.2, 0) is 11.8 Å². The number of halogens is 2. The molecule has 9 heteroatoms. The lowest BCUT2D eigenvalue weighted by Gasteiger charge is -2.05. The highest BCUT2D eigenvalue weighted by Crippen LogP contribution is 2.28. The summed E-state index contributed by atoms with van der Waals surface area (Å²) < 4.78 is 2.76. The summed E-state index contributed by atoms with van der Waals surface area (Å²) in [7, 11) is 1.84. The highest BCUT2D eigenvalue weighted by molar-refractivity contribution is 9.10. The fraction of sp³-hybridized carbons (Fsp3) is 0.111. The predicted octanol–water partition coefficient (Wildman–Crippen LogP) is 4.14. The number of carbonyl (C=O) groups excluding carboxylic acids is 1. The molecule has 1 heterocycles.